The summed E-state index contributed by atoms with van der Waals surface area (Å²) in [6, 6.07) is 5.45. The topological polar surface area (TPSA) is 224 Å². The quantitative estimate of drug-likeness (QED) is 0.0921. The van der Waals surface area contributed by atoms with Crippen molar-refractivity contribution in [1.82, 2.24) is 0 Å². The van der Waals surface area contributed by atoms with Crippen molar-refractivity contribution in [2.75, 3.05) is 29.5 Å². The van der Waals surface area contributed by atoms with Crippen molar-refractivity contribution in [3.05, 3.63) is 90.3 Å². The molecule has 4 rings (SSSR count). The van der Waals surface area contributed by atoms with Crippen molar-refractivity contribution in [3.8, 4) is 0 Å². The monoisotopic (exact) mass is 1020 g/mol. The van der Waals surface area contributed by atoms with E-state index in [4.69, 9.17) is 0 Å². The van der Waals surface area contributed by atoms with Crippen molar-refractivity contribution >= 4 is 103 Å². The first kappa shape index (κ1) is 42.7. The second kappa shape index (κ2) is 14.9. The van der Waals surface area contributed by atoms with Crippen molar-refractivity contribution in [2.24, 2.45) is 0 Å². The fraction of sp³-hybridized carbons (Fsp3) is 0.344. The maximum absolute atomic E-state index is 12.1. The van der Waals surface area contributed by atoms with Crippen LogP contribution in [0.15, 0.2) is 81.8 Å². The van der Waals surface area contributed by atoms with Gasteiger partial charge in [0.15, 0.2) is 12.3 Å². The van der Waals surface area contributed by atoms with Crippen LogP contribution in [-0.2, 0) is 51.3 Å². The summed E-state index contributed by atoms with van der Waals surface area (Å²) < 4.78 is 136. The van der Waals surface area contributed by atoms with Gasteiger partial charge in [0.25, 0.3) is 40.5 Å². The van der Waals surface area contributed by atoms with E-state index in [2.05, 4.69) is 0 Å². The fourth-order valence-electron chi connectivity index (χ4n) is 6.45. The lowest BCUT2D eigenvalue weighted by molar-refractivity contribution is -0.432. The third-order valence-corrected chi connectivity index (χ3v) is 15.0. The van der Waals surface area contributed by atoms with E-state index in [0.29, 0.717) is 33.9 Å². The van der Waals surface area contributed by atoms with E-state index in [-0.39, 0.29) is 30.0 Å². The minimum Gasteiger partial charge on any atom is -0.343 e. The smallest absolute Gasteiger partial charge is 0.295 e. The van der Waals surface area contributed by atoms with Crippen LogP contribution in [0.4, 0.5) is 11.4 Å². The van der Waals surface area contributed by atoms with Gasteiger partial charge in [0.1, 0.15) is 15.5 Å². The van der Waals surface area contributed by atoms with Crippen LogP contribution in [0.1, 0.15) is 45.7 Å². The summed E-state index contributed by atoms with van der Waals surface area (Å²) in [7, 11) is -17.8. The normalized spacial score (nSPS) is 18.6. The van der Waals surface area contributed by atoms with Gasteiger partial charge in [-0.1, -0.05) is 43.7 Å². The minimum atomic E-state index is -4.55. The molecule has 0 unspecified atom stereocenters. The third-order valence-electron chi connectivity index (χ3n) is 8.79. The number of halogens is 2. The molecule has 0 aliphatic carbocycles. The molecule has 20 heteroatoms. The Balaban J connectivity index is 1.73. The van der Waals surface area contributed by atoms with E-state index >= 15 is 0 Å². The molecule has 0 radical (unpaired) electrons. The van der Waals surface area contributed by atoms with Gasteiger partial charge in [0.2, 0.25) is 5.69 Å². The Kier molecular flexibility index (Phi) is 12.2. The Morgan fingerprint density at radius 1 is 0.827 bits per heavy atom. The van der Waals surface area contributed by atoms with E-state index in [1.165, 1.54) is 24.3 Å². The molecule has 0 bridgehead atoms. The molecular weight excluding hydrogens is 980 g/mol. The average molecular weight is 1020 g/mol. The summed E-state index contributed by atoms with van der Waals surface area (Å²) >= 11 is 3.68. The average Bonchev–Trinajstić information content (AvgIpc) is 3.32. The largest absolute Gasteiger partial charge is 0.343 e. The second-order valence-electron chi connectivity index (χ2n) is 13.2. The molecule has 2 heterocycles. The molecule has 2 aromatic rings. The van der Waals surface area contributed by atoms with Gasteiger partial charge in [-0.25, -0.2) is 0 Å². The summed E-state index contributed by atoms with van der Waals surface area (Å²) in [5.41, 5.74) is 2.40. The van der Waals surface area contributed by atoms with Crippen LogP contribution in [0.3, 0.4) is 0 Å². The molecule has 0 saturated carbocycles. The Bertz CT molecular complexity index is 2450. The van der Waals surface area contributed by atoms with Crippen molar-refractivity contribution in [2.45, 2.75) is 55.2 Å². The minimum absolute atomic E-state index is 0.136. The fourth-order valence-corrected chi connectivity index (χ4v) is 12.3. The lowest BCUT2D eigenvalue weighted by Gasteiger charge is -2.26. The molecule has 0 amide bonds. The molecular formula is C32H37I2N2O12S4+. The standard InChI is InChI=1S/C32H36I2N2O12S4/c1-20(8-6-10-25-31(2,3)27-21(35(25)16-18-49(37,38)39)12-14-23(29(27)33)51(43,44)45)9-7-11-26-32(4,5)28-22(36(26)17-19-50(40,41)42)13-15-24(30(28)34)52(46,47)48/h6-15H,16-19H2,1-5H3,(H3-,37,38,39,40,41,42,43,44,45,46,47,48)/p+1/i33-4,34-2. The number of hydrogen-bond acceptors (Lipinski definition) is 9. The van der Waals surface area contributed by atoms with Gasteiger partial charge in [0.05, 0.1) is 16.7 Å². The van der Waals surface area contributed by atoms with Crippen LogP contribution in [0.5, 0.6) is 0 Å². The molecule has 2 aliphatic heterocycles. The van der Waals surface area contributed by atoms with Crippen molar-refractivity contribution < 1.29 is 56.5 Å². The number of hydrogen-bond donors (Lipinski definition) is 4. The second-order valence-corrected chi connectivity index (χ2v) is 21.3. The van der Waals surface area contributed by atoms with E-state index < -0.39 is 62.8 Å². The predicted molar refractivity (Wildman–Crippen MR) is 214 cm³/mol. The molecule has 0 saturated heterocycles. The van der Waals surface area contributed by atoms with E-state index in [0.717, 1.165) is 5.57 Å². The molecule has 0 atom stereocenters. The molecule has 284 valence electrons. The van der Waals surface area contributed by atoms with Crippen LogP contribution in [-0.4, -0.2) is 86.8 Å². The first-order valence-corrected chi connectivity index (χ1v) is 23.5. The molecule has 0 aromatic heterocycles. The van der Waals surface area contributed by atoms with Crippen LogP contribution >= 0.6 is 45.2 Å². The van der Waals surface area contributed by atoms with Gasteiger partial charge >= 0.3 is 0 Å². The van der Waals surface area contributed by atoms with Gasteiger partial charge in [0, 0.05) is 48.2 Å². The summed E-state index contributed by atoms with van der Waals surface area (Å²) in [4.78, 5) is 1.11. The number of allylic oxidation sites excluding steroid dienone is 8. The Morgan fingerprint density at radius 2 is 1.40 bits per heavy atom. The molecule has 4 N–H and O–H groups in total. The van der Waals surface area contributed by atoms with Crippen LogP contribution < -0.4 is 4.90 Å². The molecule has 2 aliphatic rings. The zero-order valence-corrected chi connectivity index (χ0v) is 36.0. The summed E-state index contributed by atoms with van der Waals surface area (Å²) in [6.07, 6.45) is 10.5. The predicted octanol–water partition coefficient (Wildman–Crippen LogP) is 5.28. The number of nitrogens with zero attached hydrogens (tertiary/aromatic N) is 2. The van der Waals surface area contributed by atoms with E-state index in [9.17, 15) is 51.9 Å². The molecule has 0 fully saturated rings. The van der Waals surface area contributed by atoms with Crippen LogP contribution in [0.2, 0.25) is 0 Å². The first-order valence-electron chi connectivity index (χ1n) is 15.3. The highest BCUT2D eigenvalue weighted by Gasteiger charge is 2.47. The lowest BCUT2D eigenvalue weighted by atomic mass is 9.81. The van der Waals surface area contributed by atoms with E-state index in [1.807, 2.05) is 79.8 Å². The Morgan fingerprint density at radius 3 is 1.96 bits per heavy atom. The zero-order valence-electron chi connectivity index (χ0n) is 28.4. The van der Waals surface area contributed by atoms with Crippen molar-refractivity contribution in [1.29, 1.82) is 0 Å². The maximum Gasteiger partial charge on any atom is 0.295 e. The molecule has 2 aromatic carbocycles. The highest BCUT2D eigenvalue weighted by atomic mass is 125. The van der Waals surface area contributed by atoms with Gasteiger partial charge in [-0.3, -0.25) is 18.2 Å². The van der Waals surface area contributed by atoms with E-state index in [1.54, 1.807) is 45.9 Å². The van der Waals surface area contributed by atoms with Crippen LogP contribution in [0, 0.1) is 7.14 Å². The first-order chi connectivity index (χ1) is 23.6. The number of rotatable bonds is 12. The van der Waals surface area contributed by atoms with Gasteiger partial charge in [-0.2, -0.15) is 38.2 Å². The molecule has 52 heavy (non-hydrogen) atoms. The number of anilines is 1. The number of fused-ring (bicyclic) bond motifs is 2. The third kappa shape index (κ3) is 9.08. The molecule has 0 spiro atoms. The molecule has 14 nitrogen and oxygen atoms in total. The lowest BCUT2D eigenvalue weighted by Crippen LogP contribution is -2.30. The Hall–Kier alpha value is -2.03. The summed E-state index contributed by atoms with van der Waals surface area (Å²) in [6.45, 7) is 8.84. The zero-order chi connectivity index (χ0) is 39.4. The maximum atomic E-state index is 12.1. The number of benzene rings is 2. The van der Waals surface area contributed by atoms with Crippen LogP contribution in [0.25, 0.3) is 0 Å². The SMILES string of the molecule is CC(/C=C/C=C1/N(CCS(=O)(=O)O)c2ccc(S(=O)(=O)O)c([125I])c2C1(C)C)=C\C=C\C1=[N+](CCS(=O)(=O)O)c2ccc(S(=O)(=O)O)c([123I])c2C1(C)C. The van der Waals surface area contributed by atoms with Crippen molar-refractivity contribution in [3.63, 3.8) is 0 Å². The Labute approximate surface area is 331 Å². The van der Waals surface area contributed by atoms with Gasteiger partial charge in [-0.15, -0.1) is 0 Å². The van der Waals surface area contributed by atoms with Gasteiger partial charge in [-0.05, 0) is 90.2 Å². The highest BCUT2D eigenvalue weighted by Crippen LogP contribution is 2.51. The highest BCUT2D eigenvalue weighted by molar-refractivity contribution is 14.1. The summed E-state index contributed by atoms with van der Waals surface area (Å²) in [5, 5.41) is 0. The van der Waals surface area contributed by atoms with Gasteiger partial charge < -0.3 is 4.90 Å². The summed E-state index contributed by atoms with van der Waals surface area (Å²) in [5.74, 6) is -1.19.